The number of nitrogens with zero attached hydrogens (tertiary/aromatic N) is 3. The molecule has 5 rings (SSSR count). The zero-order chi connectivity index (χ0) is 26.6. The largest absolute Gasteiger partial charge is 0.475 e. The molecule has 2 aliphatic rings. The molecular weight excluding hydrogens is 479 g/mol. The van der Waals surface area contributed by atoms with E-state index in [1.54, 1.807) is 12.3 Å². The van der Waals surface area contributed by atoms with Crippen molar-refractivity contribution < 1.29 is 13.9 Å². The third kappa shape index (κ3) is 5.81. The molecule has 3 heterocycles. The fourth-order valence-electron chi connectivity index (χ4n) is 4.62. The van der Waals surface area contributed by atoms with Gasteiger partial charge in [0.25, 0.3) is 0 Å². The SMILES string of the molecule is CC#Cc1ncc(-c2cc(NC(=C3CC3)c3ccnc(OC(C)C)c3)c(F)cc2C)cc1N1CCOCC1. The lowest BCUT2D eigenvalue weighted by Gasteiger charge is -2.29. The number of rotatable bonds is 7. The number of halogens is 1. The lowest BCUT2D eigenvalue weighted by Crippen LogP contribution is -2.36. The van der Waals surface area contributed by atoms with E-state index in [2.05, 4.69) is 33.1 Å². The van der Waals surface area contributed by atoms with Crippen LogP contribution in [0.3, 0.4) is 0 Å². The first kappa shape index (κ1) is 25.7. The first-order valence-electron chi connectivity index (χ1n) is 13.1. The quantitative estimate of drug-likeness (QED) is 0.380. The van der Waals surface area contributed by atoms with E-state index in [9.17, 15) is 0 Å². The van der Waals surface area contributed by atoms with Crippen molar-refractivity contribution >= 4 is 17.1 Å². The van der Waals surface area contributed by atoms with Crippen molar-refractivity contribution in [1.29, 1.82) is 0 Å². The Hall–Kier alpha value is -3.89. The Morgan fingerprint density at radius 2 is 1.92 bits per heavy atom. The number of aromatic nitrogens is 2. The van der Waals surface area contributed by atoms with Gasteiger partial charge in [-0.25, -0.2) is 14.4 Å². The topological polar surface area (TPSA) is 59.5 Å². The van der Waals surface area contributed by atoms with E-state index in [1.807, 2.05) is 52.1 Å². The molecule has 1 aromatic carbocycles. The maximum Gasteiger partial charge on any atom is 0.214 e. The molecule has 0 radical (unpaired) electrons. The second kappa shape index (κ2) is 11.2. The smallest absolute Gasteiger partial charge is 0.214 e. The molecule has 2 fully saturated rings. The summed E-state index contributed by atoms with van der Waals surface area (Å²) in [6, 6.07) is 9.42. The van der Waals surface area contributed by atoms with E-state index in [0.29, 0.717) is 24.8 Å². The predicted molar refractivity (Wildman–Crippen MR) is 150 cm³/mol. The van der Waals surface area contributed by atoms with Crippen molar-refractivity contribution in [2.75, 3.05) is 36.5 Å². The van der Waals surface area contributed by atoms with E-state index >= 15 is 4.39 Å². The molecule has 196 valence electrons. The van der Waals surface area contributed by atoms with Gasteiger partial charge in [0.2, 0.25) is 5.88 Å². The molecule has 6 nitrogen and oxygen atoms in total. The number of morpholine rings is 1. The van der Waals surface area contributed by atoms with Crippen molar-refractivity contribution in [3.63, 3.8) is 0 Å². The van der Waals surface area contributed by atoms with Crippen LogP contribution in [-0.2, 0) is 4.74 Å². The van der Waals surface area contributed by atoms with Gasteiger partial charge < -0.3 is 19.7 Å². The summed E-state index contributed by atoms with van der Waals surface area (Å²) >= 11 is 0. The number of hydrogen-bond donors (Lipinski definition) is 1. The van der Waals surface area contributed by atoms with Crippen LogP contribution in [0.1, 0.15) is 50.4 Å². The van der Waals surface area contributed by atoms with Crippen LogP contribution in [0.2, 0.25) is 0 Å². The molecule has 1 N–H and O–H groups in total. The number of ether oxygens (including phenoxy) is 2. The molecule has 1 aliphatic heterocycles. The molecule has 3 aromatic rings. The summed E-state index contributed by atoms with van der Waals surface area (Å²) in [4.78, 5) is 11.3. The summed E-state index contributed by atoms with van der Waals surface area (Å²) in [5.41, 5.74) is 7.94. The maximum atomic E-state index is 15.3. The lowest BCUT2D eigenvalue weighted by molar-refractivity contribution is 0.122. The molecule has 1 aliphatic carbocycles. The standard InChI is InChI=1S/C31H33FN4O2/c1-5-6-27-29(36-11-13-37-14-12-36)16-24(19-34-27)25-18-28(26(32)15-21(25)4)35-31(22-7-8-22)23-9-10-33-30(17-23)38-20(2)3/h9-10,15-20,35H,7-8,11-14H2,1-4H3. The van der Waals surface area contributed by atoms with Gasteiger partial charge in [-0.1, -0.05) is 5.92 Å². The van der Waals surface area contributed by atoms with Gasteiger partial charge >= 0.3 is 0 Å². The van der Waals surface area contributed by atoms with E-state index in [4.69, 9.17) is 14.5 Å². The van der Waals surface area contributed by atoms with Gasteiger partial charge in [0, 0.05) is 48.4 Å². The zero-order valence-electron chi connectivity index (χ0n) is 22.4. The summed E-state index contributed by atoms with van der Waals surface area (Å²) in [6.07, 6.45) is 5.54. The Labute approximate surface area is 223 Å². The number of hydrogen-bond acceptors (Lipinski definition) is 6. The van der Waals surface area contributed by atoms with Gasteiger partial charge in [-0.3, -0.25) is 0 Å². The van der Waals surface area contributed by atoms with Crippen molar-refractivity contribution in [1.82, 2.24) is 9.97 Å². The summed E-state index contributed by atoms with van der Waals surface area (Å²) in [6.45, 7) is 10.6. The van der Waals surface area contributed by atoms with Gasteiger partial charge in [-0.2, -0.15) is 0 Å². The van der Waals surface area contributed by atoms with Gasteiger partial charge in [-0.05, 0) is 87.4 Å². The van der Waals surface area contributed by atoms with E-state index in [1.165, 1.54) is 5.57 Å². The molecule has 7 heteroatoms. The fourth-order valence-corrected chi connectivity index (χ4v) is 4.62. The van der Waals surface area contributed by atoms with Crippen LogP contribution in [0.25, 0.3) is 16.8 Å². The highest BCUT2D eigenvalue weighted by Gasteiger charge is 2.22. The number of benzene rings is 1. The van der Waals surface area contributed by atoms with Crippen LogP contribution in [0.4, 0.5) is 15.8 Å². The van der Waals surface area contributed by atoms with E-state index < -0.39 is 0 Å². The number of allylic oxidation sites excluding steroid dienone is 1. The summed E-state index contributed by atoms with van der Waals surface area (Å²) in [7, 11) is 0. The lowest BCUT2D eigenvalue weighted by atomic mass is 9.99. The summed E-state index contributed by atoms with van der Waals surface area (Å²) < 4.78 is 26.7. The minimum atomic E-state index is -0.299. The Morgan fingerprint density at radius 1 is 1.13 bits per heavy atom. The third-order valence-electron chi connectivity index (χ3n) is 6.58. The van der Waals surface area contributed by atoms with Crippen LogP contribution in [-0.4, -0.2) is 42.4 Å². The van der Waals surface area contributed by atoms with Gasteiger partial charge in [0.05, 0.1) is 30.7 Å². The number of anilines is 2. The second-order valence-corrected chi connectivity index (χ2v) is 9.87. The van der Waals surface area contributed by atoms with Gasteiger partial charge in [0.15, 0.2) is 0 Å². The van der Waals surface area contributed by atoms with Crippen LogP contribution in [0.5, 0.6) is 5.88 Å². The molecule has 2 aromatic heterocycles. The maximum absolute atomic E-state index is 15.3. The fraction of sp³-hybridized carbons (Fsp3) is 0.355. The van der Waals surface area contributed by atoms with Crippen LogP contribution < -0.4 is 15.0 Å². The molecule has 1 saturated heterocycles. The van der Waals surface area contributed by atoms with Crippen molar-refractivity contribution in [3.8, 4) is 28.8 Å². The molecule has 0 unspecified atom stereocenters. The molecule has 1 saturated carbocycles. The van der Waals surface area contributed by atoms with Crippen molar-refractivity contribution in [2.24, 2.45) is 0 Å². The summed E-state index contributed by atoms with van der Waals surface area (Å²) in [5.74, 6) is 6.36. The first-order chi connectivity index (χ1) is 18.4. The van der Waals surface area contributed by atoms with Gasteiger partial charge in [-0.15, -0.1) is 0 Å². The Morgan fingerprint density at radius 3 is 2.63 bits per heavy atom. The van der Waals surface area contributed by atoms with Crippen LogP contribution >= 0.6 is 0 Å². The highest BCUT2D eigenvalue weighted by Crippen LogP contribution is 2.39. The van der Waals surface area contributed by atoms with Crippen molar-refractivity contribution in [2.45, 2.75) is 46.6 Å². The minimum absolute atomic E-state index is 0.0190. The van der Waals surface area contributed by atoms with Gasteiger partial charge in [0.1, 0.15) is 11.5 Å². The average Bonchev–Trinajstić information content (AvgIpc) is 3.74. The summed E-state index contributed by atoms with van der Waals surface area (Å²) in [5, 5.41) is 3.40. The molecule has 0 amide bonds. The Balaban J connectivity index is 1.51. The number of nitrogens with one attached hydrogen (secondary N) is 1. The van der Waals surface area contributed by atoms with Crippen LogP contribution in [0.15, 0.2) is 48.3 Å². The molecule has 38 heavy (non-hydrogen) atoms. The molecular formula is C31H33FN4O2. The highest BCUT2D eigenvalue weighted by molar-refractivity contribution is 5.84. The third-order valence-corrected chi connectivity index (χ3v) is 6.58. The van der Waals surface area contributed by atoms with E-state index in [0.717, 1.165) is 65.3 Å². The minimum Gasteiger partial charge on any atom is -0.475 e. The molecule has 0 bridgehead atoms. The average molecular weight is 513 g/mol. The Bertz CT molecular complexity index is 1430. The van der Waals surface area contributed by atoms with Crippen molar-refractivity contribution in [3.05, 3.63) is 70.9 Å². The first-order valence-corrected chi connectivity index (χ1v) is 13.1. The normalized spacial score (nSPS) is 14.7. The monoisotopic (exact) mass is 512 g/mol. The molecule has 0 spiro atoms. The highest BCUT2D eigenvalue weighted by atomic mass is 19.1. The number of aryl methyl sites for hydroxylation is 1. The van der Waals surface area contributed by atoms with E-state index in [-0.39, 0.29) is 11.9 Å². The second-order valence-electron chi connectivity index (χ2n) is 9.87. The Kier molecular flexibility index (Phi) is 7.62. The number of pyridine rings is 2. The molecule has 0 atom stereocenters. The van der Waals surface area contributed by atoms with Crippen LogP contribution in [0, 0.1) is 24.6 Å². The predicted octanol–water partition coefficient (Wildman–Crippen LogP) is 6.20. The zero-order valence-corrected chi connectivity index (χ0v) is 22.4.